The zero-order valence-corrected chi connectivity index (χ0v) is 16.5. The van der Waals surface area contributed by atoms with Gasteiger partial charge in [0.2, 0.25) is 0 Å². The summed E-state index contributed by atoms with van der Waals surface area (Å²) >= 11 is 1.04. The smallest absolute Gasteiger partial charge is 0.469 e. The third-order valence-electron chi connectivity index (χ3n) is 3.90. The topological polar surface area (TPSA) is 104 Å². The quantitative estimate of drug-likeness (QED) is 0.615. The number of carbonyl (C=O) groups is 3. The Hall–Kier alpha value is -2.41. The fourth-order valence-electron chi connectivity index (χ4n) is 2.59. The Kier molecular flexibility index (Phi) is 7.79. The second-order valence-electron chi connectivity index (χ2n) is 6.05. The molecular weight excluding hydrogens is 417 g/mol. The summed E-state index contributed by atoms with van der Waals surface area (Å²) in [6.07, 6.45) is -1.72. The molecule has 0 spiro atoms. The van der Waals surface area contributed by atoms with Crippen molar-refractivity contribution in [2.24, 2.45) is 0 Å². The number of hydrogen-bond donors (Lipinski definition) is 0. The molecule has 1 atom stereocenters. The second kappa shape index (κ2) is 9.87. The minimum Gasteiger partial charge on any atom is -0.469 e. The van der Waals surface area contributed by atoms with Crippen molar-refractivity contribution in [3.05, 3.63) is 17.5 Å². The van der Waals surface area contributed by atoms with E-state index in [-0.39, 0.29) is 36.4 Å². The van der Waals surface area contributed by atoms with Gasteiger partial charge in [0.25, 0.3) is 0 Å². The first-order valence-electron chi connectivity index (χ1n) is 8.47. The first-order valence-corrected chi connectivity index (χ1v) is 9.35. The molecule has 1 aromatic rings. The number of methoxy groups -OCH3 is 1. The van der Waals surface area contributed by atoms with E-state index < -0.39 is 18.1 Å². The van der Waals surface area contributed by atoms with Gasteiger partial charge >= 0.3 is 18.1 Å². The number of hydrogen-bond acceptors (Lipinski definition) is 9. The molecule has 2 rings (SSSR count). The number of aromatic nitrogens is 3. The van der Waals surface area contributed by atoms with Gasteiger partial charge in [0.1, 0.15) is 0 Å². The van der Waals surface area contributed by atoms with Crippen molar-refractivity contribution in [1.29, 1.82) is 0 Å². The molecule has 1 aromatic heterocycles. The van der Waals surface area contributed by atoms with Gasteiger partial charge in [-0.05, 0) is 18.1 Å². The van der Waals surface area contributed by atoms with Crippen molar-refractivity contribution in [1.82, 2.24) is 20.1 Å². The van der Waals surface area contributed by atoms with Gasteiger partial charge in [-0.2, -0.15) is 13.2 Å². The summed E-state index contributed by atoms with van der Waals surface area (Å²) in [5.74, 6) is -2.74. The van der Waals surface area contributed by atoms with E-state index in [0.29, 0.717) is 17.7 Å². The molecule has 29 heavy (non-hydrogen) atoms. The molecule has 0 aliphatic carbocycles. The van der Waals surface area contributed by atoms with E-state index in [2.05, 4.69) is 19.9 Å². The minimum atomic E-state index is -5.11. The molecule has 1 aliphatic rings. The second-order valence-corrected chi connectivity index (χ2v) is 7.43. The molecule has 0 radical (unpaired) electrons. The maximum Gasteiger partial charge on any atom is 0.492 e. The maximum atomic E-state index is 12.5. The van der Waals surface area contributed by atoms with Crippen LogP contribution in [0.1, 0.15) is 25.5 Å². The number of thioether (sulfide) groups is 1. The fraction of sp³-hybridized carbons (Fsp3) is 0.562. The fourth-order valence-corrected chi connectivity index (χ4v) is 3.51. The number of hydroxylamine groups is 2. The molecule has 2 heterocycles. The summed E-state index contributed by atoms with van der Waals surface area (Å²) in [7, 11) is 1.26. The lowest BCUT2D eigenvalue weighted by Crippen LogP contribution is -2.41. The Labute approximate surface area is 168 Å². The third-order valence-corrected chi connectivity index (χ3v) is 5.06. The molecule has 160 valence electrons. The Morgan fingerprint density at radius 3 is 2.72 bits per heavy atom. The van der Waals surface area contributed by atoms with Crippen LogP contribution in [-0.4, -0.2) is 68.7 Å². The van der Waals surface area contributed by atoms with Crippen LogP contribution in [0.5, 0.6) is 0 Å². The molecule has 0 N–H and O–H groups in total. The Morgan fingerprint density at radius 1 is 1.38 bits per heavy atom. The predicted molar refractivity (Wildman–Crippen MR) is 95.0 cm³/mol. The average Bonchev–Trinajstić information content (AvgIpc) is 3.07. The molecule has 0 bridgehead atoms. The monoisotopic (exact) mass is 436 g/mol. The Morgan fingerprint density at radius 2 is 2.10 bits per heavy atom. The summed E-state index contributed by atoms with van der Waals surface area (Å²) in [5, 5.41) is 8.08. The van der Waals surface area contributed by atoms with Gasteiger partial charge in [-0.1, -0.05) is 17.0 Å². The SMILES string of the molecule is COC(=O)CCn1nncc1/C=C1\CN(OC(=O)C(F)(F)F)CCC1SC(C)=O. The number of aryl methyl sites for hydroxylation is 1. The number of halogens is 3. The highest BCUT2D eigenvalue weighted by molar-refractivity contribution is 8.14. The molecule has 1 saturated heterocycles. The summed E-state index contributed by atoms with van der Waals surface area (Å²) in [5.41, 5.74) is 1.05. The van der Waals surface area contributed by atoms with Crippen LogP contribution in [0.3, 0.4) is 0 Å². The van der Waals surface area contributed by atoms with Gasteiger partial charge in [-0.3, -0.25) is 9.59 Å². The van der Waals surface area contributed by atoms with Crippen LogP contribution >= 0.6 is 11.8 Å². The van der Waals surface area contributed by atoms with E-state index in [1.165, 1.54) is 24.9 Å². The van der Waals surface area contributed by atoms with Crippen LogP contribution in [0.25, 0.3) is 6.08 Å². The number of piperidine rings is 1. The average molecular weight is 436 g/mol. The lowest BCUT2D eigenvalue weighted by atomic mass is 10.0. The molecule has 0 saturated carbocycles. The van der Waals surface area contributed by atoms with Crippen molar-refractivity contribution >= 4 is 34.9 Å². The largest absolute Gasteiger partial charge is 0.492 e. The van der Waals surface area contributed by atoms with Crippen LogP contribution in [0.2, 0.25) is 0 Å². The van der Waals surface area contributed by atoms with E-state index in [9.17, 15) is 27.6 Å². The van der Waals surface area contributed by atoms with Crippen molar-refractivity contribution in [3.63, 3.8) is 0 Å². The number of ether oxygens (including phenoxy) is 1. The van der Waals surface area contributed by atoms with Gasteiger partial charge in [0, 0.05) is 18.7 Å². The summed E-state index contributed by atoms with van der Waals surface area (Å²) in [4.78, 5) is 38.4. The third kappa shape index (κ3) is 6.85. The standard InChI is InChI=1S/C16H19F3N4O5S/c1-10(24)29-13-3-5-22(28-15(26)16(17,18)19)9-11(13)7-12-8-20-21-23(12)6-4-14(25)27-2/h7-8,13H,3-6,9H2,1-2H3/b11-7+. The van der Waals surface area contributed by atoms with Crippen LogP contribution in [0.15, 0.2) is 11.8 Å². The number of carbonyl (C=O) groups excluding carboxylic acids is 3. The normalized spacial score (nSPS) is 19.2. The minimum absolute atomic E-state index is 0.0456. The lowest BCUT2D eigenvalue weighted by molar-refractivity contribution is -0.238. The van der Waals surface area contributed by atoms with Gasteiger partial charge < -0.3 is 9.57 Å². The number of nitrogens with zero attached hydrogens (tertiary/aromatic N) is 4. The number of esters is 1. The van der Waals surface area contributed by atoms with Crippen LogP contribution in [0.4, 0.5) is 13.2 Å². The van der Waals surface area contributed by atoms with E-state index >= 15 is 0 Å². The Balaban J connectivity index is 2.20. The maximum absolute atomic E-state index is 12.5. The number of alkyl halides is 3. The summed E-state index contributed by atoms with van der Waals surface area (Å²) in [6, 6.07) is 0. The van der Waals surface area contributed by atoms with Crippen molar-refractivity contribution in [2.75, 3.05) is 20.2 Å². The molecule has 0 amide bonds. The summed E-state index contributed by atoms with van der Waals surface area (Å²) in [6.45, 7) is 1.50. The zero-order valence-electron chi connectivity index (χ0n) is 15.6. The van der Waals surface area contributed by atoms with Crippen molar-refractivity contribution in [2.45, 2.75) is 37.7 Å². The molecule has 1 aliphatic heterocycles. The van der Waals surface area contributed by atoms with Gasteiger partial charge in [0.05, 0.1) is 38.5 Å². The van der Waals surface area contributed by atoms with E-state index in [1.54, 1.807) is 6.08 Å². The highest BCUT2D eigenvalue weighted by Gasteiger charge is 2.43. The van der Waals surface area contributed by atoms with Crippen LogP contribution < -0.4 is 0 Å². The van der Waals surface area contributed by atoms with Crippen molar-refractivity contribution < 1.29 is 37.1 Å². The van der Waals surface area contributed by atoms with Crippen molar-refractivity contribution in [3.8, 4) is 0 Å². The zero-order chi connectivity index (χ0) is 21.6. The molecule has 1 unspecified atom stereocenters. The number of rotatable bonds is 6. The van der Waals surface area contributed by atoms with Gasteiger partial charge in [-0.15, -0.1) is 10.2 Å². The highest BCUT2D eigenvalue weighted by Crippen LogP contribution is 2.30. The molecule has 1 fully saturated rings. The van der Waals surface area contributed by atoms with Crippen LogP contribution in [-0.2, 0) is 30.5 Å². The molecular formula is C16H19F3N4O5S. The van der Waals surface area contributed by atoms with Gasteiger partial charge in [-0.25, -0.2) is 9.48 Å². The van der Waals surface area contributed by atoms with E-state index in [1.807, 2.05) is 0 Å². The predicted octanol–water partition coefficient (Wildman–Crippen LogP) is 1.60. The highest BCUT2D eigenvalue weighted by atomic mass is 32.2. The molecule has 13 heteroatoms. The van der Waals surface area contributed by atoms with E-state index in [4.69, 9.17) is 0 Å². The molecule has 0 aromatic carbocycles. The van der Waals surface area contributed by atoms with Gasteiger partial charge in [0.15, 0.2) is 5.12 Å². The Bertz CT molecular complexity index is 796. The lowest BCUT2D eigenvalue weighted by Gasteiger charge is -2.32. The molecule has 9 nitrogen and oxygen atoms in total. The van der Waals surface area contributed by atoms with E-state index in [0.717, 1.165) is 16.8 Å². The first kappa shape index (κ1) is 22.9. The van der Waals surface area contributed by atoms with Crippen LogP contribution in [0, 0.1) is 0 Å². The summed E-state index contributed by atoms with van der Waals surface area (Å²) < 4.78 is 43.4. The first-order chi connectivity index (χ1) is 13.6.